The first-order valence-electron chi connectivity index (χ1n) is 7.14. The molecule has 3 rings (SSSR count). The third-order valence-electron chi connectivity index (χ3n) is 3.80. The molecule has 2 fully saturated rings. The van der Waals surface area contributed by atoms with Crippen molar-refractivity contribution < 1.29 is 14.7 Å². The average Bonchev–Trinajstić information content (AvgIpc) is 3.27. The number of nitrogens with zero attached hydrogens (tertiary/aromatic N) is 1. The molecule has 0 atom stereocenters. The minimum absolute atomic E-state index is 0.0676. The third-order valence-corrected chi connectivity index (χ3v) is 4.01. The summed E-state index contributed by atoms with van der Waals surface area (Å²) in [6.07, 6.45) is 4.49. The summed E-state index contributed by atoms with van der Waals surface area (Å²) in [6.45, 7) is 0.794. The molecular weight excluding hydrogens is 292 g/mol. The maximum Gasteiger partial charge on any atom is 0.335 e. The van der Waals surface area contributed by atoms with Gasteiger partial charge in [0.2, 0.25) is 0 Å². The Hall–Kier alpha value is -1.75. The molecule has 1 aromatic rings. The molecule has 2 aliphatic rings. The van der Waals surface area contributed by atoms with Gasteiger partial charge in [-0.1, -0.05) is 11.6 Å². The Bertz CT molecular complexity index is 582. The highest BCUT2D eigenvalue weighted by Crippen LogP contribution is 2.35. The van der Waals surface area contributed by atoms with Crippen LogP contribution in [0.1, 0.15) is 36.0 Å². The van der Waals surface area contributed by atoms with Gasteiger partial charge in [-0.05, 0) is 49.8 Å². The van der Waals surface area contributed by atoms with Gasteiger partial charge in [0.05, 0.1) is 5.56 Å². The molecule has 0 heterocycles. The molecular formula is C15H17ClN2O3. The molecule has 0 radical (unpaired) electrons. The Kier molecular flexibility index (Phi) is 3.76. The van der Waals surface area contributed by atoms with Crippen molar-refractivity contribution in [2.24, 2.45) is 5.92 Å². The fourth-order valence-corrected chi connectivity index (χ4v) is 2.58. The molecule has 2 amide bonds. The predicted octanol–water partition coefficient (Wildman–Crippen LogP) is 3.44. The van der Waals surface area contributed by atoms with Gasteiger partial charge in [0.1, 0.15) is 0 Å². The Labute approximate surface area is 127 Å². The summed E-state index contributed by atoms with van der Waals surface area (Å²) < 4.78 is 0. The van der Waals surface area contributed by atoms with E-state index in [0.29, 0.717) is 22.7 Å². The SMILES string of the molecule is O=C(O)c1cc(Cl)cc(NC(=O)N(CC2CC2)C2CC2)c1. The van der Waals surface area contributed by atoms with E-state index in [4.69, 9.17) is 16.7 Å². The summed E-state index contributed by atoms with van der Waals surface area (Å²) in [6, 6.07) is 4.52. The first kappa shape index (κ1) is 14.2. The first-order chi connectivity index (χ1) is 10.0. The van der Waals surface area contributed by atoms with Gasteiger partial charge < -0.3 is 15.3 Å². The second-order valence-corrected chi connectivity index (χ2v) is 6.23. The van der Waals surface area contributed by atoms with Gasteiger partial charge >= 0.3 is 12.0 Å². The van der Waals surface area contributed by atoms with Crippen LogP contribution in [0.15, 0.2) is 18.2 Å². The number of carboxylic acid groups (broad SMARTS) is 1. The number of benzene rings is 1. The number of carbonyl (C=O) groups excluding carboxylic acids is 1. The molecule has 1 aromatic carbocycles. The van der Waals surface area contributed by atoms with Crippen LogP contribution in [0.4, 0.5) is 10.5 Å². The normalized spacial score (nSPS) is 17.4. The molecule has 0 aromatic heterocycles. The van der Waals surface area contributed by atoms with E-state index < -0.39 is 5.97 Å². The molecule has 5 nitrogen and oxygen atoms in total. The molecule has 0 unspecified atom stereocenters. The fraction of sp³-hybridized carbons (Fsp3) is 0.467. The van der Waals surface area contributed by atoms with Crippen molar-refractivity contribution in [3.63, 3.8) is 0 Å². The number of anilines is 1. The molecule has 0 spiro atoms. The zero-order chi connectivity index (χ0) is 15.0. The number of hydrogen-bond acceptors (Lipinski definition) is 2. The molecule has 2 N–H and O–H groups in total. The van der Waals surface area contributed by atoms with Crippen LogP contribution in [-0.2, 0) is 0 Å². The maximum atomic E-state index is 12.4. The summed E-state index contributed by atoms with van der Waals surface area (Å²) in [5.41, 5.74) is 0.490. The van der Waals surface area contributed by atoms with Gasteiger partial charge in [0.25, 0.3) is 0 Å². The van der Waals surface area contributed by atoms with Crippen LogP contribution in [0.2, 0.25) is 5.02 Å². The third kappa shape index (κ3) is 3.67. The number of amides is 2. The summed E-state index contributed by atoms with van der Waals surface area (Å²) in [7, 11) is 0. The van der Waals surface area contributed by atoms with E-state index in [9.17, 15) is 9.59 Å². The number of carboxylic acids is 1. The molecule has 0 bridgehead atoms. The van der Waals surface area contributed by atoms with E-state index in [0.717, 1.165) is 19.4 Å². The van der Waals surface area contributed by atoms with E-state index in [-0.39, 0.29) is 11.6 Å². The topological polar surface area (TPSA) is 69.6 Å². The highest BCUT2D eigenvalue weighted by Gasteiger charge is 2.36. The number of rotatable bonds is 5. The van der Waals surface area contributed by atoms with Crippen molar-refractivity contribution >= 4 is 29.3 Å². The Morgan fingerprint density at radius 3 is 2.52 bits per heavy atom. The van der Waals surface area contributed by atoms with Crippen molar-refractivity contribution in [1.29, 1.82) is 0 Å². The van der Waals surface area contributed by atoms with Gasteiger partial charge in [-0.15, -0.1) is 0 Å². The molecule has 112 valence electrons. The minimum atomic E-state index is -1.06. The summed E-state index contributed by atoms with van der Waals surface area (Å²) in [4.78, 5) is 25.3. The van der Waals surface area contributed by atoms with Crippen molar-refractivity contribution in [3.8, 4) is 0 Å². The van der Waals surface area contributed by atoms with Crippen LogP contribution in [0.5, 0.6) is 0 Å². The fourth-order valence-electron chi connectivity index (χ4n) is 2.34. The number of carbonyl (C=O) groups is 2. The van der Waals surface area contributed by atoms with Crippen LogP contribution >= 0.6 is 11.6 Å². The van der Waals surface area contributed by atoms with E-state index in [1.165, 1.54) is 25.0 Å². The van der Waals surface area contributed by atoms with E-state index in [2.05, 4.69) is 5.32 Å². The average molecular weight is 309 g/mol. The zero-order valence-corrected chi connectivity index (χ0v) is 12.3. The zero-order valence-electron chi connectivity index (χ0n) is 11.5. The van der Waals surface area contributed by atoms with Crippen molar-refractivity contribution in [3.05, 3.63) is 28.8 Å². The molecule has 21 heavy (non-hydrogen) atoms. The van der Waals surface area contributed by atoms with E-state index in [1.54, 1.807) is 6.07 Å². The number of hydrogen-bond donors (Lipinski definition) is 2. The van der Waals surface area contributed by atoms with Crippen LogP contribution < -0.4 is 5.32 Å². The summed E-state index contributed by atoms with van der Waals surface area (Å²) >= 11 is 5.90. The lowest BCUT2D eigenvalue weighted by molar-refractivity contribution is 0.0697. The van der Waals surface area contributed by atoms with Crippen molar-refractivity contribution in [1.82, 2.24) is 4.90 Å². The quantitative estimate of drug-likeness (QED) is 0.875. The number of urea groups is 1. The van der Waals surface area contributed by atoms with E-state index in [1.807, 2.05) is 4.90 Å². The molecule has 6 heteroatoms. The number of halogens is 1. The van der Waals surface area contributed by atoms with E-state index >= 15 is 0 Å². The van der Waals surface area contributed by atoms with Crippen LogP contribution in [0, 0.1) is 5.92 Å². The smallest absolute Gasteiger partial charge is 0.335 e. The lowest BCUT2D eigenvalue weighted by atomic mass is 10.2. The van der Waals surface area contributed by atoms with Gasteiger partial charge in [0.15, 0.2) is 0 Å². The monoisotopic (exact) mass is 308 g/mol. The van der Waals surface area contributed by atoms with Crippen LogP contribution in [0.25, 0.3) is 0 Å². The lowest BCUT2D eigenvalue weighted by Crippen LogP contribution is -2.38. The largest absolute Gasteiger partial charge is 0.478 e. The molecule has 0 aliphatic heterocycles. The summed E-state index contributed by atoms with van der Waals surface area (Å²) in [5.74, 6) is -0.435. The predicted molar refractivity (Wildman–Crippen MR) is 79.9 cm³/mol. The minimum Gasteiger partial charge on any atom is -0.478 e. The Morgan fingerprint density at radius 2 is 1.95 bits per heavy atom. The highest BCUT2D eigenvalue weighted by atomic mass is 35.5. The molecule has 2 saturated carbocycles. The van der Waals surface area contributed by atoms with Gasteiger partial charge in [-0.25, -0.2) is 9.59 Å². The second-order valence-electron chi connectivity index (χ2n) is 5.79. The van der Waals surface area contributed by atoms with Crippen LogP contribution in [-0.4, -0.2) is 34.6 Å². The Morgan fingerprint density at radius 1 is 1.24 bits per heavy atom. The standard InChI is InChI=1S/C15H17ClN2O3/c16-11-5-10(14(19)20)6-12(7-11)17-15(21)18(13-3-4-13)8-9-1-2-9/h5-7,9,13H,1-4,8H2,(H,17,21)(H,19,20). The summed E-state index contributed by atoms with van der Waals surface area (Å²) in [5, 5.41) is 12.1. The van der Waals surface area contributed by atoms with Crippen molar-refractivity contribution in [2.45, 2.75) is 31.7 Å². The first-order valence-corrected chi connectivity index (χ1v) is 7.52. The Balaban J connectivity index is 1.71. The number of aromatic carboxylic acids is 1. The number of nitrogens with one attached hydrogen (secondary N) is 1. The van der Waals surface area contributed by atoms with Gasteiger partial charge in [0, 0.05) is 23.3 Å². The maximum absolute atomic E-state index is 12.4. The molecule has 2 aliphatic carbocycles. The highest BCUT2D eigenvalue weighted by molar-refractivity contribution is 6.31. The molecule has 0 saturated heterocycles. The lowest BCUT2D eigenvalue weighted by Gasteiger charge is -2.23. The van der Waals surface area contributed by atoms with Gasteiger partial charge in [-0.3, -0.25) is 0 Å². The van der Waals surface area contributed by atoms with Crippen LogP contribution in [0.3, 0.4) is 0 Å². The van der Waals surface area contributed by atoms with Crippen molar-refractivity contribution in [2.75, 3.05) is 11.9 Å². The second kappa shape index (κ2) is 5.56. The van der Waals surface area contributed by atoms with Gasteiger partial charge in [-0.2, -0.15) is 0 Å².